The van der Waals surface area contributed by atoms with Crippen molar-refractivity contribution in [3.05, 3.63) is 20.9 Å². The Bertz CT molecular complexity index is 551. The van der Waals surface area contributed by atoms with Crippen molar-refractivity contribution in [2.24, 2.45) is 10.2 Å². The topological polar surface area (TPSA) is 185 Å². The summed E-state index contributed by atoms with van der Waals surface area (Å²) in [5.41, 5.74) is 15.5. The molecular formula is C13H23N9O4. The van der Waals surface area contributed by atoms with E-state index < -0.39 is 36.6 Å². The number of nitrogens with zero attached hydrogens (tertiary/aromatic N) is 7. The first-order valence-electron chi connectivity index (χ1n) is 7.72. The van der Waals surface area contributed by atoms with E-state index in [0.29, 0.717) is 0 Å². The number of hydrogen-bond donors (Lipinski definition) is 2. The van der Waals surface area contributed by atoms with Gasteiger partial charge in [0.05, 0.1) is 0 Å². The lowest BCUT2D eigenvalue weighted by atomic mass is 10.2. The molecule has 0 aromatic heterocycles. The van der Waals surface area contributed by atoms with Crippen molar-refractivity contribution in [2.75, 3.05) is 39.3 Å². The van der Waals surface area contributed by atoms with E-state index in [2.05, 4.69) is 30.7 Å². The zero-order valence-corrected chi connectivity index (χ0v) is 15.0. The van der Waals surface area contributed by atoms with E-state index in [0.717, 1.165) is 4.90 Å². The maximum Gasteiger partial charge on any atom is 0.411 e. The van der Waals surface area contributed by atoms with E-state index in [1.54, 1.807) is 20.8 Å². The molecule has 2 N–H and O–H groups in total. The van der Waals surface area contributed by atoms with Crippen molar-refractivity contribution in [2.45, 2.75) is 26.4 Å². The molecule has 144 valence electrons. The van der Waals surface area contributed by atoms with Crippen LogP contribution in [0.1, 0.15) is 20.8 Å². The van der Waals surface area contributed by atoms with Gasteiger partial charge < -0.3 is 15.4 Å². The average molecular weight is 369 g/mol. The van der Waals surface area contributed by atoms with Crippen LogP contribution in [0.2, 0.25) is 0 Å². The predicted octanol–water partition coefficient (Wildman–Crippen LogP) is 1.08. The summed E-state index contributed by atoms with van der Waals surface area (Å²) in [5.74, 6) is -1.07. The highest BCUT2D eigenvalue weighted by atomic mass is 16.6. The van der Waals surface area contributed by atoms with Gasteiger partial charge in [-0.25, -0.2) is 4.79 Å². The highest BCUT2D eigenvalue weighted by Crippen LogP contribution is 2.09. The quantitative estimate of drug-likeness (QED) is 0.252. The van der Waals surface area contributed by atoms with Crippen LogP contribution >= 0.6 is 0 Å². The van der Waals surface area contributed by atoms with E-state index in [9.17, 15) is 14.4 Å². The summed E-state index contributed by atoms with van der Waals surface area (Å²) in [4.78, 5) is 42.0. The molecule has 0 saturated heterocycles. The summed E-state index contributed by atoms with van der Waals surface area (Å²) in [5, 5.41) is 11.4. The van der Waals surface area contributed by atoms with Crippen LogP contribution in [0.4, 0.5) is 4.79 Å². The number of ether oxygens (including phenoxy) is 1. The van der Waals surface area contributed by atoms with Crippen LogP contribution in [0.5, 0.6) is 0 Å². The molecule has 0 heterocycles. The molecule has 0 aliphatic rings. The lowest BCUT2D eigenvalue weighted by Gasteiger charge is -2.26. The summed E-state index contributed by atoms with van der Waals surface area (Å²) in [6.45, 7) is 4.48. The largest absolute Gasteiger partial charge is 0.444 e. The second-order valence-electron chi connectivity index (χ2n) is 5.95. The van der Waals surface area contributed by atoms with Gasteiger partial charge in [0.25, 0.3) is 0 Å². The third-order valence-electron chi connectivity index (χ3n) is 2.52. The number of rotatable bonds is 10. The first-order chi connectivity index (χ1) is 12.2. The second-order valence-corrected chi connectivity index (χ2v) is 5.95. The van der Waals surface area contributed by atoms with Gasteiger partial charge in [-0.15, -0.1) is 0 Å². The molecule has 0 bridgehead atoms. The fourth-order valence-corrected chi connectivity index (χ4v) is 1.55. The summed E-state index contributed by atoms with van der Waals surface area (Å²) < 4.78 is 5.18. The van der Waals surface area contributed by atoms with Crippen molar-refractivity contribution >= 4 is 17.9 Å². The monoisotopic (exact) mass is 369 g/mol. The van der Waals surface area contributed by atoms with E-state index >= 15 is 0 Å². The van der Waals surface area contributed by atoms with Crippen LogP contribution in [0, 0.1) is 0 Å². The molecule has 0 unspecified atom stereocenters. The zero-order chi connectivity index (χ0) is 20.0. The van der Waals surface area contributed by atoms with Crippen LogP contribution in [0.3, 0.4) is 0 Å². The Balaban J connectivity index is 4.75. The van der Waals surface area contributed by atoms with Gasteiger partial charge in [-0.3, -0.25) is 14.5 Å². The Morgan fingerprint density at radius 3 is 1.73 bits per heavy atom. The highest BCUT2D eigenvalue weighted by Gasteiger charge is 2.25. The molecule has 0 aromatic rings. The number of carbonyl (C=O) groups is 3. The van der Waals surface area contributed by atoms with Gasteiger partial charge in [-0.05, 0) is 31.8 Å². The fraction of sp³-hybridized carbons (Fsp3) is 0.769. The molecule has 13 heteroatoms. The Kier molecular flexibility index (Phi) is 10.7. The van der Waals surface area contributed by atoms with Gasteiger partial charge in [0.1, 0.15) is 18.7 Å². The third-order valence-corrected chi connectivity index (χ3v) is 2.52. The Hall–Kier alpha value is -3.17. The first kappa shape index (κ1) is 22.8. The number of azide groups is 2. The van der Waals surface area contributed by atoms with E-state index in [1.165, 1.54) is 0 Å². The molecule has 0 spiro atoms. The molecule has 0 atom stereocenters. The molecule has 0 aromatic carbocycles. The molecule has 0 saturated carbocycles. The van der Waals surface area contributed by atoms with Gasteiger partial charge in [0, 0.05) is 36.0 Å². The van der Waals surface area contributed by atoms with Crippen molar-refractivity contribution in [1.29, 1.82) is 0 Å². The maximum atomic E-state index is 12.2. The van der Waals surface area contributed by atoms with E-state index in [4.69, 9.17) is 15.8 Å². The van der Waals surface area contributed by atoms with Gasteiger partial charge in [0.15, 0.2) is 0 Å². The normalized spacial score (nSPS) is 9.96. The molecule has 0 fully saturated rings. The minimum absolute atomic E-state index is 0.0641. The van der Waals surface area contributed by atoms with Crippen molar-refractivity contribution < 1.29 is 19.1 Å². The molecule has 3 amide bonds. The van der Waals surface area contributed by atoms with Gasteiger partial charge in [-0.1, -0.05) is 10.2 Å². The Morgan fingerprint density at radius 2 is 1.38 bits per heavy atom. The smallest absolute Gasteiger partial charge is 0.411 e. The van der Waals surface area contributed by atoms with Gasteiger partial charge >= 0.3 is 6.09 Å². The van der Waals surface area contributed by atoms with Crippen LogP contribution in [-0.2, 0) is 14.3 Å². The minimum atomic E-state index is -0.826. The van der Waals surface area contributed by atoms with Gasteiger partial charge in [0.2, 0.25) is 11.8 Å². The molecular weight excluding hydrogens is 346 g/mol. The number of nitrogens with one attached hydrogen (secondary N) is 2. The minimum Gasteiger partial charge on any atom is -0.444 e. The Labute approximate surface area is 150 Å². The lowest BCUT2D eigenvalue weighted by molar-refractivity contribution is -0.125. The average Bonchev–Trinajstić information content (AvgIpc) is 2.53. The van der Waals surface area contributed by atoms with E-state index in [1.807, 2.05) is 0 Å². The van der Waals surface area contributed by atoms with Crippen LogP contribution in [0.15, 0.2) is 10.2 Å². The number of amides is 3. The zero-order valence-electron chi connectivity index (χ0n) is 15.0. The summed E-state index contributed by atoms with van der Waals surface area (Å²) in [6.07, 6.45) is -0.826. The highest BCUT2D eigenvalue weighted by molar-refractivity contribution is 5.86. The molecule has 0 radical (unpaired) electrons. The standard InChI is InChI=1S/C13H23N9O4/c1-13(2,3)26-12(25)22(8-10(23)16-4-6-18-20-14)9-11(24)17-5-7-19-21-15/h4-9H2,1-3H3,(H,16,23)(H,17,24). The number of carbonyl (C=O) groups excluding carboxylic acids is 3. The Morgan fingerprint density at radius 1 is 0.962 bits per heavy atom. The van der Waals surface area contributed by atoms with Crippen molar-refractivity contribution in [3.63, 3.8) is 0 Å². The van der Waals surface area contributed by atoms with Crippen LogP contribution < -0.4 is 10.6 Å². The fourth-order valence-electron chi connectivity index (χ4n) is 1.55. The van der Waals surface area contributed by atoms with Crippen LogP contribution in [-0.4, -0.2) is 67.7 Å². The lowest BCUT2D eigenvalue weighted by Crippen LogP contribution is -2.48. The molecule has 0 aliphatic heterocycles. The predicted molar refractivity (Wildman–Crippen MR) is 91.9 cm³/mol. The molecule has 0 aliphatic carbocycles. The van der Waals surface area contributed by atoms with Crippen LogP contribution in [0.25, 0.3) is 20.9 Å². The maximum absolute atomic E-state index is 12.2. The van der Waals surface area contributed by atoms with E-state index in [-0.39, 0.29) is 26.2 Å². The molecule has 0 rings (SSSR count). The second kappa shape index (κ2) is 12.2. The third kappa shape index (κ3) is 12.3. The van der Waals surface area contributed by atoms with Gasteiger partial charge in [-0.2, -0.15) is 0 Å². The van der Waals surface area contributed by atoms with Crippen molar-refractivity contribution in [3.8, 4) is 0 Å². The summed E-state index contributed by atoms with van der Waals surface area (Å²) in [7, 11) is 0. The summed E-state index contributed by atoms with van der Waals surface area (Å²) in [6, 6.07) is 0. The molecule has 13 nitrogen and oxygen atoms in total. The SMILES string of the molecule is CC(C)(C)OC(=O)N(CC(=O)NCCN=[N+]=[N-])CC(=O)NCCN=[N+]=[N-]. The number of hydrogen-bond acceptors (Lipinski definition) is 6. The van der Waals surface area contributed by atoms with Crippen molar-refractivity contribution in [1.82, 2.24) is 15.5 Å². The molecule has 26 heavy (non-hydrogen) atoms. The summed E-state index contributed by atoms with van der Waals surface area (Å²) >= 11 is 0. The first-order valence-corrected chi connectivity index (χ1v) is 7.72.